The molecular weight excluding hydrogens is 190 g/mol. The summed E-state index contributed by atoms with van der Waals surface area (Å²) in [6.45, 7) is 3.86. The number of hydrogen-bond acceptors (Lipinski definition) is 4. The standard InChI is InChI=1S/C8H13N3O.ClH/c1-2-3-4-12-11-8-5-9-7-10-6-8;/h2-3,7H,4-6H2,1H3,(H,9,10);1H/b3-2+;. The fraction of sp³-hybridized carbons (Fsp3) is 0.500. The van der Waals surface area contributed by atoms with Gasteiger partial charge in [0.05, 0.1) is 25.1 Å². The largest absolute Gasteiger partial charge is 0.392 e. The van der Waals surface area contributed by atoms with Crippen LogP contribution in [0.25, 0.3) is 0 Å². The third-order valence-electron chi connectivity index (χ3n) is 1.36. The number of nitrogens with one attached hydrogen (secondary N) is 1. The first kappa shape index (κ1) is 12.0. The van der Waals surface area contributed by atoms with Crippen LogP contribution in [-0.2, 0) is 4.84 Å². The molecule has 0 aromatic rings. The average Bonchev–Trinajstić information content (AvgIpc) is 2.14. The minimum Gasteiger partial charge on any atom is -0.392 e. The van der Waals surface area contributed by atoms with Crippen LogP contribution in [0.3, 0.4) is 0 Å². The van der Waals surface area contributed by atoms with E-state index in [0.717, 1.165) is 12.3 Å². The molecule has 0 bridgehead atoms. The van der Waals surface area contributed by atoms with Crippen molar-refractivity contribution in [2.24, 2.45) is 10.1 Å². The van der Waals surface area contributed by atoms with Crippen molar-refractivity contribution in [3.63, 3.8) is 0 Å². The molecule has 1 aliphatic heterocycles. The van der Waals surface area contributed by atoms with E-state index >= 15 is 0 Å². The summed E-state index contributed by atoms with van der Waals surface area (Å²) in [5.74, 6) is 0. The Morgan fingerprint density at radius 2 is 2.62 bits per heavy atom. The summed E-state index contributed by atoms with van der Waals surface area (Å²) < 4.78 is 0. The summed E-state index contributed by atoms with van der Waals surface area (Å²) in [4.78, 5) is 8.99. The molecule has 0 fully saturated rings. The zero-order chi connectivity index (χ0) is 8.65. The van der Waals surface area contributed by atoms with Crippen LogP contribution in [-0.4, -0.2) is 31.7 Å². The van der Waals surface area contributed by atoms with Crippen LogP contribution in [0.5, 0.6) is 0 Å². The second kappa shape index (κ2) is 7.61. The van der Waals surface area contributed by atoms with Gasteiger partial charge in [0.25, 0.3) is 0 Å². The molecule has 1 aliphatic rings. The molecule has 0 saturated heterocycles. The Kier molecular flexibility index (Phi) is 7.01. The van der Waals surface area contributed by atoms with E-state index in [1.165, 1.54) is 0 Å². The molecule has 0 unspecified atom stereocenters. The lowest BCUT2D eigenvalue weighted by Crippen LogP contribution is -2.28. The van der Waals surface area contributed by atoms with E-state index in [4.69, 9.17) is 4.84 Å². The topological polar surface area (TPSA) is 46.0 Å². The van der Waals surface area contributed by atoms with Gasteiger partial charge in [-0.3, -0.25) is 4.99 Å². The zero-order valence-electron chi connectivity index (χ0n) is 7.56. The lowest BCUT2D eigenvalue weighted by molar-refractivity contribution is 0.173. The molecule has 13 heavy (non-hydrogen) atoms. The summed E-state index contributed by atoms with van der Waals surface area (Å²) in [5.41, 5.74) is 0.932. The van der Waals surface area contributed by atoms with Crippen molar-refractivity contribution in [3.8, 4) is 0 Å². The van der Waals surface area contributed by atoms with Crippen molar-refractivity contribution in [2.75, 3.05) is 19.7 Å². The molecule has 0 aromatic heterocycles. The van der Waals surface area contributed by atoms with Gasteiger partial charge in [0.2, 0.25) is 0 Å². The minimum atomic E-state index is 0. The number of hydrogen-bond donors (Lipinski definition) is 1. The number of oxime groups is 1. The summed E-state index contributed by atoms with van der Waals surface area (Å²) in [7, 11) is 0. The maximum Gasteiger partial charge on any atom is 0.135 e. The highest BCUT2D eigenvalue weighted by Crippen LogP contribution is 1.86. The van der Waals surface area contributed by atoms with Crippen LogP contribution in [0, 0.1) is 0 Å². The first-order valence-electron chi connectivity index (χ1n) is 3.94. The predicted molar refractivity (Wildman–Crippen MR) is 56.8 cm³/mol. The first-order chi connectivity index (χ1) is 5.93. The second-order valence-corrected chi connectivity index (χ2v) is 2.37. The quantitative estimate of drug-likeness (QED) is 0.423. The van der Waals surface area contributed by atoms with Crippen molar-refractivity contribution in [1.82, 2.24) is 5.32 Å². The van der Waals surface area contributed by atoms with E-state index in [1.54, 1.807) is 6.34 Å². The van der Waals surface area contributed by atoms with Crippen LogP contribution in [0.1, 0.15) is 6.92 Å². The van der Waals surface area contributed by atoms with Crippen LogP contribution in [0.4, 0.5) is 0 Å². The van der Waals surface area contributed by atoms with Crippen molar-refractivity contribution < 1.29 is 4.84 Å². The van der Waals surface area contributed by atoms with E-state index in [-0.39, 0.29) is 12.4 Å². The lowest BCUT2D eigenvalue weighted by Gasteiger charge is -2.07. The normalized spacial score (nSPS) is 18.4. The van der Waals surface area contributed by atoms with Gasteiger partial charge in [0, 0.05) is 0 Å². The highest BCUT2D eigenvalue weighted by Gasteiger charge is 2.00. The van der Waals surface area contributed by atoms with Crippen LogP contribution < -0.4 is 5.32 Å². The van der Waals surface area contributed by atoms with E-state index in [1.807, 2.05) is 19.1 Å². The lowest BCUT2D eigenvalue weighted by atomic mass is 10.3. The third-order valence-corrected chi connectivity index (χ3v) is 1.36. The Bertz CT molecular complexity index is 213. The summed E-state index contributed by atoms with van der Waals surface area (Å²) >= 11 is 0. The van der Waals surface area contributed by atoms with Gasteiger partial charge >= 0.3 is 0 Å². The molecule has 0 spiro atoms. The van der Waals surface area contributed by atoms with Gasteiger partial charge in [0.1, 0.15) is 6.61 Å². The monoisotopic (exact) mass is 203 g/mol. The second-order valence-electron chi connectivity index (χ2n) is 2.37. The summed E-state index contributed by atoms with van der Waals surface area (Å²) in [6, 6.07) is 0. The van der Waals surface area contributed by atoms with Gasteiger partial charge in [-0.15, -0.1) is 12.4 Å². The maximum atomic E-state index is 5.00. The Morgan fingerprint density at radius 3 is 3.23 bits per heavy atom. The molecule has 0 atom stereocenters. The van der Waals surface area contributed by atoms with Crippen molar-refractivity contribution in [2.45, 2.75) is 6.92 Å². The predicted octanol–water partition coefficient (Wildman–Crippen LogP) is 0.988. The number of rotatable bonds is 3. The van der Waals surface area contributed by atoms with Gasteiger partial charge in [-0.05, 0) is 13.0 Å². The molecule has 1 rings (SSSR count). The smallest absolute Gasteiger partial charge is 0.135 e. The highest BCUT2D eigenvalue weighted by molar-refractivity contribution is 5.92. The summed E-state index contributed by atoms with van der Waals surface area (Å²) in [5, 5.41) is 6.87. The van der Waals surface area contributed by atoms with Crippen molar-refractivity contribution in [1.29, 1.82) is 0 Å². The molecule has 5 heteroatoms. The molecule has 0 aromatic carbocycles. The third kappa shape index (κ3) is 5.25. The fourth-order valence-electron chi connectivity index (χ4n) is 0.764. The number of allylic oxidation sites excluding steroid dienone is 1. The van der Waals surface area contributed by atoms with Gasteiger partial charge in [-0.1, -0.05) is 11.2 Å². The average molecular weight is 204 g/mol. The van der Waals surface area contributed by atoms with Gasteiger partial charge < -0.3 is 10.2 Å². The molecule has 0 saturated carbocycles. The zero-order valence-corrected chi connectivity index (χ0v) is 8.38. The van der Waals surface area contributed by atoms with Gasteiger partial charge in [-0.25, -0.2) is 0 Å². The summed E-state index contributed by atoms with van der Waals surface area (Å²) in [6.07, 6.45) is 5.52. The minimum absolute atomic E-state index is 0. The molecule has 74 valence electrons. The van der Waals surface area contributed by atoms with Crippen LogP contribution in [0.2, 0.25) is 0 Å². The molecule has 0 aliphatic carbocycles. The Labute approximate surface area is 84.2 Å². The van der Waals surface area contributed by atoms with E-state index < -0.39 is 0 Å². The first-order valence-corrected chi connectivity index (χ1v) is 3.94. The molecule has 0 radical (unpaired) electrons. The van der Waals surface area contributed by atoms with E-state index in [0.29, 0.717) is 13.2 Å². The van der Waals surface area contributed by atoms with Gasteiger partial charge in [-0.2, -0.15) is 0 Å². The molecular formula is C8H14ClN3O. The Balaban J connectivity index is 0.00000144. The Hall–Kier alpha value is -1.03. The van der Waals surface area contributed by atoms with Gasteiger partial charge in [0.15, 0.2) is 0 Å². The van der Waals surface area contributed by atoms with Crippen molar-refractivity contribution in [3.05, 3.63) is 12.2 Å². The van der Waals surface area contributed by atoms with Crippen LogP contribution >= 0.6 is 12.4 Å². The Morgan fingerprint density at radius 1 is 1.77 bits per heavy atom. The molecule has 4 nitrogen and oxygen atoms in total. The van der Waals surface area contributed by atoms with E-state index in [9.17, 15) is 0 Å². The molecule has 0 amide bonds. The number of nitrogens with zero attached hydrogens (tertiary/aromatic N) is 2. The highest BCUT2D eigenvalue weighted by atomic mass is 35.5. The van der Waals surface area contributed by atoms with Crippen molar-refractivity contribution >= 4 is 24.5 Å². The fourth-order valence-corrected chi connectivity index (χ4v) is 0.764. The number of aliphatic imine (C=N–C) groups is 1. The maximum absolute atomic E-state index is 5.00. The number of halogens is 1. The SMILES string of the molecule is C/C=C/CO/N=C1/CN=CNC1.Cl. The molecule has 1 N–H and O–H groups in total. The van der Waals surface area contributed by atoms with Crippen LogP contribution in [0.15, 0.2) is 22.3 Å². The molecule has 1 heterocycles. The van der Waals surface area contributed by atoms with E-state index in [2.05, 4.69) is 15.5 Å².